The smallest absolute Gasteiger partial charge is 0.194 e. The number of nitrogens with one attached hydrogen (secondary N) is 1. The van der Waals surface area contributed by atoms with Gasteiger partial charge in [-0.3, -0.25) is 4.99 Å². The largest absolute Gasteiger partial charge is 0.353 e. The van der Waals surface area contributed by atoms with Crippen LogP contribution in [0.2, 0.25) is 0 Å². The van der Waals surface area contributed by atoms with Gasteiger partial charge in [-0.1, -0.05) is 18.2 Å². The first-order chi connectivity index (χ1) is 10.3. The normalized spacial score (nSPS) is 23.0. The van der Waals surface area contributed by atoms with Gasteiger partial charge in [0.1, 0.15) is 0 Å². The van der Waals surface area contributed by atoms with Crippen molar-refractivity contribution < 1.29 is 0 Å². The molecule has 5 nitrogen and oxygen atoms in total. The lowest BCUT2D eigenvalue weighted by Crippen LogP contribution is -2.37. The van der Waals surface area contributed by atoms with Crippen LogP contribution in [0.15, 0.2) is 47.7 Å². The van der Waals surface area contributed by atoms with Crippen LogP contribution >= 0.6 is 24.0 Å². The molecule has 1 saturated carbocycles. The van der Waals surface area contributed by atoms with Gasteiger partial charge in [-0.25, -0.2) is 4.68 Å². The fraction of sp³-hybridized carbons (Fsp3) is 0.375. The second-order valence-corrected chi connectivity index (χ2v) is 5.77. The number of aromatic nitrogens is 2. The molecule has 0 saturated heterocycles. The topological polar surface area (TPSA) is 45.4 Å². The lowest BCUT2D eigenvalue weighted by Gasteiger charge is -2.14. The highest BCUT2D eigenvalue weighted by Gasteiger charge is 2.40. The Balaban J connectivity index is 0.00000144. The van der Waals surface area contributed by atoms with E-state index >= 15 is 0 Å². The third kappa shape index (κ3) is 2.97. The quantitative estimate of drug-likeness (QED) is 0.792. The van der Waals surface area contributed by atoms with Gasteiger partial charge in [0.15, 0.2) is 5.96 Å². The molecule has 1 aliphatic carbocycles. The number of nitrogens with zero attached hydrogens (tertiary/aromatic N) is 4. The molecule has 116 valence electrons. The fourth-order valence-corrected chi connectivity index (χ4v) is 2.83. The SMILES string of the molecule is CN1CCN=C1N[C@@H]1C[C@H]1c1cnn(-c2ccccc2)c1.I. The molecule has 4 rings (SSSR count). The van der Waals surface area contributed by atoms with Crippen LogP contribution in [0.3, 0.4) is 0 Å². The molecule has 2 atom stereocenters. The van der Waals surface area contributed by atoms with E-state index in [0.717, 1.165) is 31.2 Å². The maximum Gasteiger partial charge on any atom is 0.194 e. The first kappa shape index (κ1) is 15.3. The van der Waals surface area contributed by atoms with Crippen LogP contribution in [0, 0.1) is 0 Å². The number of likely N-dealkylation sites (N-methyl/N-ethyl adjacent to an activating group) is 1. The summed E-state index contributed by atoms with van der Waals surface area (Å²) < 4.78 is 1.95. The molecule has 0 bridgehead atoms. The van der Waals surface area contributed by atoms with Crippen molar-refractivity contribution >= 4 is 29.9 Å². The van der Waals surface area contributed by atoms with E-state index in [1.807, 2.05) is 29.1 Å². The molecule has 0 radical (unpaired) electrons. The zero-order valence-electron chi connectivity index (χ0n) is 12.5. The van der Waals surface area contributed by atoms with Crippen molar-refractivity contribution in [2.24, 2.45) is 4.99 Å². The molecule has 22 heavy (non-hydrogen) atoms. The van der Waals surface area contributed by atoms with Gasteiger partial charge in [-0.15, -0.1) is 24.0 Å². The molecular formula is C16H20IN5. The molecule has 1 aromatic heterocycles. The molecule has 1 aromatic carbocycles. The first-order valence-corrected chi connectivity index (χ1v) is 7.43. The van der Waals surface area contributed by atoms with E-state index in [-0.39, 0.29) is 24.0 Å². The fourth-order valence-electron chi connectivity index (χ4n) is 2.83. The van der Waals surface area contributed by atoms with Gasteiger partial charge in [-0.05, 0) is 24.1 Å². The van der Waals surface area contributed by atoms with Crippen LogP contribution in [0.25, 0.3) is 5.69 Å². The van der Waals surface area contributed by atoms with Crippen molar-refractivity contribution in [3.8, 4) is 5.69 Å². The van der Waals surface area contributed by atoms with Gasteiger partial charge in [0.25, 0.3) is 0 Å². The molecule has 2 heterocycles. The summed E-state index contributed by atoms with van der Waals surface area (Å²) in [5.41, 5.74) is 2.41. The van der Waals surface area contributed by atoms with Crippen molar-refractivity contribution in [1.82, 2.24) is 20.0 Å². The second-order valence-electron chi connectivity index (χ2n) is 5.77. The van der Waals surface area contributed by atoms with Crippen LogP contribution in [0.1, 0.15) is 17.9 Å². The lowest BCUT2D eigenvalue weighted by molar-refractivity contribution is 0.532. The molecule has 1 N–H and O–H groups in total. The van der Waals surface area contributed by atoms with E-state index in [0.29, 0.717) is 12.0 Å². The summed E-state index contributed by atoms with van der Waals surface area (Å²) in [5.74, 6) is 1.59. The van der Waals surface area contributed by atoms with Gasteiger partial charge in [0.2, 0.25) is 0 Å². The minimum absolute atomic E-state index is 0. The van der Waals surface area contributed by atoms with Gasteiger partial charge in [0.05, 0.1) is 18.4 Å². The second kappa shape index (κ2) is 6.28. The van der Waals surface area contributed by atoms with E-state index in [9.17, 15) is 0 Å². The van der Waals surface area contributed by atoms with Gasteiger partial charge in [-0.2, -0.15) is 5.10 Å². The van der Waals surface area contributed by atoms with Crippen LogP contribution in [-0.4, -0.2) is 46.8 Å². The highest BCUT2D eigenvalue weighted by atomic mass is 127. The molecule has 0 unspecified atom stereocenters. The average Bonchev–Trinajstić information content (AvgIpc) is 2.92. The molecule has 2 aliphatic rings. The molecule has 6 heteroatoms. The van der Waals surface area contributed by atoms with Gasteiger partial charge in [0, 0.05) is 31.7 Å². The Labute approximate surface area is 147 Å². The van der Waals surface area contributed by atoms with E-state index in [4.69, 9.17) is 0 Å². The van der Waals surface area contributed by atoms with Crippen LogP contribution in [0.4, 0.5) is 0 Å². The number of para-hydroxylation sites is 1. The summed E-state index contributed by atoms with van der Waals surface area (Å²) in [7, 11) is 2.09. The standard InChI is InChI=1S/C16H19N5.HI/c1-20-8-7-17-16(20)19-15-9-14(15)12-10-18-21(11-12)13-5-3-2-4-6-13;/h2-6,10-11,14-15H,7-9H2,1H3,(H,17,19);1H/t14-,15+;/m0./s1. The Bertz CT molecular complexity index is 666. The van der Waals surface area contributed by atoms with Crippen molar-refractivity contribution in [1.29, 1.82) is 0 Å². The number of halogens is 1. The summed E-state index contributed by atoms with van der Waals surface area (Å²) >= 11 is 0. The van der Waals surface area contributed by atoms with Crippen molar-refractivity contribution in [2.45, 2.75) is 18.4 Å². The van der Waals surface area contributed by atoms with E-state index in [2.05, 4.69) is 45.7 Å². The van der Waals surface area contributed by atoms with Crippen molar-refractivity contribution in [2.75, 3.05) is 20.1 Å². The average molecular weight is 409 g/mol. The molecular weight excluding hydrogens is 389 g/mol. The third-order valence-electron chi connectivity index (χ3n) is 4.21. The predicted octanol–water partition coefficient (Wildman–Crippen LogP) is 2.24. The number of aliphatic imine (C=N–C) groups is 1. The number of benzene rings is 1. The Hall–Kier alpha value is -1.57. The summed E-state index contributed by atoms with van der Waals surface area (Å²) in [6.45, 7) is 1.92. The summed E-state index contributed by atoms with van der Waals surface area (Å²) in [6.07, 6.45) is 5.29. The number of hydrogen-bond donors (Lipinski definition) is 1. The summed E-state index contributed by atoms with van der Waals surface area (Å²) in [6, 6.07) is 10.7. The highest BCUT2D eigenvalue weighted by Crippen LogP contribution is 2.40. The summed E-state index contributed by atoms with van der Waals surface area (Å²) in [4.78, 5) is 6.67. The molecule has 1 fully saturated rings. The monoisotopic (exact) mass is 409 g/mol. The van der Waals surface area contributed by atoms with Gasteiger partial charge < -0.3 is 10.2 Å². The maximum absolute atomic E-state index is 4.49. The first-order valence-electron chi connectivity index (χ1n) is 7.43. The molecule has 1 aliphatic heterocycles. The minimum Gasteiger partial charge on any atom is -0.353 e. The third-order valence-corrected chi connectivity index (χ3v) is 4.21. The van der Waals surface area contributed by atoms with Gasteiger partial charge >= 0.3 is 0 Å². The number of rotatable bonds is 3. The zero-order chi connectivity index (χ0) is 14.2. The van der Waals surface area contributed by atoms with E-state index in [1.165, 1.54) is 5.56 Å². The van der Waals surface area contributed by atoms with Crippen LogP contribution in [0.5, 0.6) is 0 Å². The van der Waals surface area contributed by atoms with Crippen LogP contribution in [-0.2, 0) is 0 Å². The summed E-state index contributed by atoms with van der Waals surface area (Å²) in [5, 5.41) is 8.02. The van der Waals surface area contributed by atoms with E-state index < -0.39 is 0 Å². The predicted molar refractivity (Wildman–Crippen MR) is 98.2 cm³/mol. The Morgan fingerprint density at radius 2 is 2.05 bits per heavy atom. The minimum atomic E-state index is 0. The zero-order valence-corrected chi connectivity index (χ0v) is 14.8. The molecule has 0 spiro atoms. The van der Waals surface area contributed by atoms with Crippen molar-refractivity contribution in [3.05, 3.63) is 48.3 Å². The Morgan fingerprint density at radius 3 is 2.77 bits per heavy atom. The molecule has 0 amide bonds. The van der Waals surface area contributed by atoms with E-state index in [1.54, 1.807) is 0 Å². The Kier molecular flexibility index (Phi) is 4.37. The van der Waals surface area contributed by atoms with Crippen molar-refractivity contribution in [3.63, 3.8) is 0 Å². The highest BCUT2D eigenvalue weighted by molar-refractivity contribution is 14.0. The lowest BCUT2D eigenvalue weighted by atomic mass is 10.2. The molecule has 2 aromatic rings. The number of guanidine groups is 1. The Morgan fingerprint density at radius 1 is 1.23 bits per heavy atom. The maximum atomic E-state index is 4.49. The van der Waals surface area contributed by atoms with Crippen LogP contribution < -0.4 is 5.32 Å². The number of hydrogen-bond acceptors (Lipinski definition) is 4.